The number of ketones is 1. The number of rotatable bonds is 2. The molecule has 0 N–H and O–H groups in total. The van der Waals surface area contributed by atoms with Crippen LogP contribution in [0.1, 0.15) is 21.6 Å². The number of nitrogens with zero attached hydrogens (tertiary/aromatic N) is 2. The summed E-state index contributed by atoms with van der Waals surface area (Å²) in [5.41, 5.74) is 1.20. The lowest BCUT2D eigenvalue weighted by Crippen LogP contribution is -2.05. The van der Waals surface area contributed by atoms with Gasteiger partial charge in [-0.15, -0.1) is 0 Å². The number of aryl methyl sites for hydroxylation is 1. The van der Waals surface area contributed by atoms with E-state index in [0.717, 1.165) is 11.9 Å². The molecule has 0 spiro atoms. The second-order valence-corrected chi connectivity index (χ2v) is 3.37. The van der Waals surface area contributed by atoms with Crippen molar-refractivity contribution in [3.05, 3.63) is 59.4 Å². The first-order valence-electron chi connectivity index (χ1n) is 4.75. The summed E-state index contributed by atoms with van der Waals surface area (Å²) in [6.45, 7) is 1.82. The lowest BCUT2D eigenvalue weighted by atomic mass is 10.1. The molecule has 0 unspecified atom stereocenters. The monoisotopic (exact) mass is 216 g/mol. The molecule has 2 aromatic heterocycles. The van der Waals surface area contributed by atoms with Crippen molar-refractivity contribution in [3.8, 4) is 0 Å². The number of pyridine rings is 2. The lowest BCUT2D eigenvalue weighted by Gasteiger charge is -2.01. The van der Waals surface area contributed by atoms with Crippen molar-refractivity contribution in [1.29, 1.82) is 0 Å². The molecule has 0 bridgehead atoms. The Labute approximate surface area is 92.0 Å². The smallest absolute Gasteiger partial charge is 0.197 e. The maximum atomic E-state index is 13.3. The van der Waals surface area contributed by atoms with E-state index in [4.69, 9.17) is 0 Å². The Balaban J connectivity index is 2.40. The van der Waals surface area contributed by atoms with Crippen LogP contribution in [0.3, 0.4) is 0 Å². The summed E-state index contributed by atoms with van der Waals surface area (Å²) >= 11 is 0. The van der Waals surface area contributed by atoms with Gasteiger partial charge in [0.05, 0.1) is 11.8 Å². The van der Waals surface area contributed by atoms with Crippen LogP contribution in [0.4, 0.5) is 4.39 Å². The molecule has 2 heterocycles. The molecule has 0 aliphatic heterocycles. The van der Waals surface area contributed by atoms with E-state index < -0.39 is 5.82 Å². The summed E-state index contributed by atoms with van der Waals surface area (Å²) in [5, 5.41) is 0. The first-order chi connectivity index (χ1) is 7.68. The van der Waals surface area contributed by atoms with Gasteiger partial charge in [0.1, 0.15) is 0 Å². The van der Waals surface area contributed by atoms with Crippen LogP contribution in [0.2, 0.25) is 0 Å². The number of carbonyl (C=O) groups is 1. The fourth-order valence-electron chi connectivity index (χ4n) is 1.32. The van der Waals surface area contributed by atoms with Gasteiger partial charge in [-0.25, -0.2) is 4.39 Å². The molecule has 4 heteroatoms. The van der Waals surface area contributed by atoms with Crippen molar-refractivity contribution in [3.63, 3.8) is 0 Å². The SMILES string of the molecule is Cc1ccc(C(=O)c2ccncc2F)cn1. The summed E-state index contributed by atoms with van der Waals surface area (Å²) in [5.74, 6) is -1.000. The highest BCUT2D eigenvalue weighted by atomic mass is 19.1. The second kappa shape index (κ2) is 4.18. The summed E-state index contributed by atoms with van der Waals surface area (Å²) in [7, 11) is 0. The third-order valence-electron chi connectivity index (χ3n) is 2.19. The molecule has 2 rings (SSSR count). The van der Waals surface area contributed by atoms with Gasteiger partial charge in [0.25, 0.3) is 0 Å². The number of carbonyl (C=O) groups excluding carboxylic acids is 1. The van der Waals surface area contributed by atoms with Crippen LogP contribution >= 0.6 is 0 Å². The summed E-state index contributed by atoms with van der Waals surface area (Å²) in [6.07, 6.45) is 3.85. The topological polar surface area (TPSA) is 42.9 Å². The molecule has 0 aliphatic rings. The number of hydrogen-bond acceptors (Lipinski definition) is 3. The van der Waals surface area contributed by atoms with Crippen LogP contribution in [0.15, 0.2) is 36.8 Å². The number of aromatic nitrogens is 2. The highest BCUT2D eigenvalue weighted by molar-refractivity contribution is 6.08. The minimum Gasteiger partial charge on any atom is -0.288 e. The van der Waals surface area contributed by atoms with E-state index in [-0.39, 0.29) is 11.3 Å². The molecule has 3 nitrogen and oxygen atoms in total. The van der Waals surface area contributed by atoms with E-state index in [0.29, 0.717) is 5.56 Å². The highest BCUT2D eigenvalue weighted by Crippen LogP contribution is 2.11. The maximum Gasteiger partial charge on any atom is 0.197 e. The Bertz CT molecular complexity index is 523. The van der Waals surface area contributed by atoms with Gasteiger partial charge >= 0.3 is 0 Å². The molecule has 0 saturated carbocycles. The molecule has 2 aromatic rings. The second-order valence-electron chi connectivity index (χ2n) is 3.37. The Hall–Kier alpha value is -2.10. The largest absolute Gasteiger partial charge is 0.288 e. The highest BCUT2D eigenvalue weighted by Gasteiger charge is 2.13. The fourth-order valence-corrected chi connectivity index (χ4v) is 1.32. The van der Waals surface area contributed by atoms with Gasteiger partial charge in [-0.05, 0) is 25.1 Å². The molecule has 0 aliphatic carbocycles. The van der Waals surface area contributed by atoms with Crippen molar-refractivity contribution in [2.24, 2.45) is 0 Å². The Kier molecular flexibility index (Phi) is 2.72. The molecule has 0 amide bonds. The van der Waals surface area contributed by atoms with Crippen LogP contribution in [0, 0.1) is 12.7 Å². The maximum absolute atomic E-state index is 13.3. The lowest BCUT2D eigenvalue weighted by molar-refractivity contribution is 0.103. The van der Waals surface area contributed by atoms with Crippen LogP contribution in [-0.2, 0) is 0 Å². The summed E-state index contributed by atoms with van der Waals surface area (Å²) in [6, 6.07) is 4.70. The summed E-state index contributed by atoms with van der Waals surface area (Å²) in [4.78, 5) is 19.5. The zero-order valence-corrected chi connectivity index (χ0v) is 8.64. The summed E-state index contributed by atoms with van der Waals surface area (Å²) < 4.78 is 13.3. The van der Waals surface area contributed by atoms with E-state index in [9.17, 15) is 9.18 Å². The van der Waals surface area contributed by atoms with Gasteiger partial charge in [-0.3, -0.25) is 14.8 Å². The minimum atomic E-state index is -0.618. The predicted molar refractivity (Wildman–Crippen MR) is 56.6 cm³/mol. The first kappa shape index (κ1) is 10.4. The van der Waals surface area contributed by atoms with Gasteiger partial charge in [0.15, 0.2) is 11.6 Å². The van der Waals surface area contributed by atoms with Crippen LogP contribution in [0.5, 0.6) is 0 Å². The third kappa shape index (κ3) is 1.95. The van der Waals surface area contributed by atoms with Crippen molar-refractivity contribution in [2.75, 3.05) is 0 Å². The van der Waals surface area contributed by atoms with E-state index >= 15 is 0 Å². The number of hydrogen-bond donors (Lipinski definition) is 0. The Morgan fingerprint density at radius 3 is 2.69 bits per heavy atom. The van der Waals surface area contributed by atoms with Crippen molar-refractivity contribution in [1.82, 2.24) is 9.97 Å². The van der Waals surface area contributed by atoms with Crippen LogP contribution in [-0.4, -0.2) is 15.8 Å². The average molecular weight is 216 g/mol. The zero-order valence-electron chi connectivity index (χ0n) is 8.64. The molecule has 0 fully saturated rings. The van der Waals surface area contributed by atoms with E-state index in [1.807, 2.05) is 6.92 Å². The number of halogens is 1. The molecule has 0 radical (unpaired) electrons. The standard InChI is InChI=1S/C12H9FN2O/c1-8-2-3-9(6-15-8)12(16)10-4-5-14-7-11(10)13/h2-7H,1H3. The van der Waals surface area contributed by atoms with E-state index in [2.05, 4.69) is 9.97 Å². The molecular weight excluding hydrogens is 207 g/mol. The molecule has 80 valence electrons. The Morgan fingerprint density at radius 1 is 1.25 bits per heavy atom. The molecule has 0 aromatic carbocycles. The molecule has 0 saturated heterocycles. The molecule has 16 heavy (non-hydrogen) atoms. The van der Waals surface area contributed by atoms with Gasteiger partial charge in [0, 0.05) is 23.7 Å². The van der Waals surface area contributed by atoms with Crippen molar-refractivity contribution >= 4 is 5.78 Å². The zero-order chi connectivity index (χ0) is 11.5. The van der Waals surface area contributed by atoms with E-state index in [1.54, 1.807) is 12.1 Å². The quantitative estimate of drug-likeness (QED) is 0.722. The fraction of sp³-hybridized carbons (Fsp3) is 0.0833. The van der Waals surface area contributed by atoms with Gasteiger partial charge in [0.2, 0.25) is 0 Å². The average Bonchev–Trinajstić information content (AvgIpc) is 2.30. The van der Waals surface area contributed by atoms with Gasteiger partial charge in [-0.2, -0.15) is 0 Å². The van der Waals surface area contributed by atoms with Crippen molar-refractivity contribution < 1.29 is 9.18 Å². The molecular formula is C12H9FN2O. The van der Waals surface area contributed by atoms with Gasteiger partial charge < -0.3 is 0 Å². The van der Waals surface area contributed by atoms with Crippen molar-refractivity contribution in [2.45, 2.75) is 6.92 Å². The van der Waals surface area contributed by atoms with Crippen LogP contribution < -0.4 is 0 Å². The third-order valence-corrected chi connectivity index (χ3v) is 2.19. The minimum absolute atomic E-state index is 0.0145. The van der Waals surface area contributed by atoms with Crippen LogP contribution in [0.25, 0.3) is 0 Å². The van der Waals surface area contributed by atoms with E-state index in [1.165, 1.54) is 18.5 Å². The normalized spacial score (nSPS) is 10.1. The predicted octanol–water partition coefficient (Wildman–Crippen LogP) is 2.16. The van der Waals surface area contributed by atoms with Gasteiger partial charge in [-0.1, -0.05) is 0 Å². The Morgan fingerprint density at radius 2 is 2.06 bits per heavy atom. The first-order valence-corrected chi connectivity index (χ1v) is 4.75. The molecule has 0 atom stereocenters.